The Hall–Kier alpha value is -2.61. The fraction of sp³-hybridized carbons (Fsp3) is 0.421. The molecule has 28 heavy (non-hydrogen) atoms. The summed E-state index contributed by atoms with van der Waals surface area (Å²) in [5, 5.41) is 3.48. The van der Waals surface area contributed by atoms with E-state index in [9.17, 15) is 14.0 Å². The minimum absolute atomic E-state index is 0.0194. The number of nitrogens with one attached hydrogen (secondary N) is 1. The summed E-state index contributed by atoms with van der Waals surface area (Å²) in [6.45, 7) is 2.77. The van der Waals surface area contributed by atoms with Gasteiger partial charge in [-0.15, -0.1) is 0 Å². The van der Waals surface area contributed by atoms with Gasteiger partial charge in [-0.05, 0) is 18.6 Å². The van der Waals surface area contributed by atoms with Crippen molar-refractivity contribution in [3.63, 3.8) is 0 Å². The first kappa shape index (κ1) is 20.1. The van der Waals surface area contributed by atoms with Gasteiger partial charge in [-0.2, -0.15) is 4.98 Å². The highest BCUT2D eigenvalue weighted by Gasteiger charge is 2.20. The number of imidazole rings is 1. The molecule has 0 saturated carbocycles. The van der Waals surface area contributed by atoms with Crippen LogP contribution in [0.2, 0.25) is 5.02 Å². The van der Waals surface area contributed by atoms with Crippen molar-refractivity contribution in [3.05, 3.63) is 55.4 Å². The average Bonchev–Trinajstić information content (AvgIpc) is 3.03. The fourth-order valence-corrected chi connectivity index (χ4v) is 3.37. The van der Waals surface area contributed by atoms with Crippen molar-refractivity contribution in [2.24, 2.45) is 14.1 Å². The summed E-state index contributed by atoms with van der Waals surface area (Å²) in [6, 6.07) is 4.45. The summed E-state index contributed by atoms with van der Waals surface area (Å²) in [5.74, 6) is -0.0587. The van der Waals surface area contributed by atoms with Crippen molar-refractivity contribution >= 4 is 28.7 Å². The van der Waals surface area contributed by atoms with E-state index in [1.807, 2.05) is 0 Å². The first-order valence-corrected chi connectivity index (χ1v) is 9.57. The molecule has 0 saturated heterocycles. The second kappa shape index (κ2) is 8.18. The van der Waals surface area contributed by atoms with Crippen molar-refractivity contribution < 1.29 is 4.39 Å². The Morgan fingerprint density at radius 1 is 1.18 bits per heavy atom. The van der Waals surface area contributed by atoms with Crippen molar-refractivity contribution in [1.82, 2.24) is 18.7 Å². The Bertz CT molecular complexity index is 1110. The van der Waals surface area contributed by atoms with E-state index in [1.54, 1.807) is 17.7 Å². The second-order valence-electron chi connectivity index (χ2n) is 6.73. The third kappa shape index (κ3) is 3.56. The number of hydrogen-bond acceptors (Lipinski definition) is 4. The first-order valence-electron chi connectivity index (χ1n) is 9.19. The quantitative estimate of drug-likeness (QED) is 0.611. The lowest BCUT2D eigenvalue weighted by Gasteiger charge is -2.12. The summed E-state index contributed by atoms with van der Waals surface area (Å²) >= 11 is 6.19. The highest BCUT2D eigenvalue weighted by Crippen LogP contribution is 2.24. The Morgan fingerprint density at radius 2 is 1.93 bits per heavy atom. The van der Waals surface area contributed by atoms with Crippen LogP contribution < -0.4 is 16.6 Å². The number of unbranched alkanes of at least 4 members (excludes halogenated alkanes) is 2. The summed E-state index contributed by atoms with van der Waals surface area (Å²) in [4.78, 5) is 29.5. The number of fused-ring (bicyclic) bond motifs is 1. The molecule has 0 atom stereocenters. The molecule has 0 aliphatic rings. The van der Waals surface area contributed by atoms with Crippen LogP contribution in [0.5, 0.6) is 0 Å². The number of halogens is 2. The van der Waals surface area contributed by atoms with E-state index in [1.165, 1.54) is 23.7 Å². The fourth-order valence-electron chi connectivity index (χ4n) is 3.15. The molecule has 1 aromatic carbocycles. The number of aromatic nitrogens is 4. The van der Waals surface area contributed by atoms with Gasteiger partial charge in [0.15, 0.2) is 11.2 Å². The molecule has 0 radical (unpaired) electrons. The number of aryl methyl sites for hydroxylation is 1. The number of anilines is 1. The van der Waals surface area contributed by atoms with Gasteiger partial charge in [-0.25, -0.2) is 9.18 Å². The normalized spacial score (nSPS) is 11.3. The molecule has 2 heterocycles. The molecular weight excluding hydrogens is 385 g/mol. The molecule has 1 N–H and O–H groups in total. The van der Waals surface area contributed by atoms with Gasteiger partial charge in [0.25, 0.3) is 5.56 Å². The first-order chi connectivity index (χ1) is 13.4. The number of hydrogen-bond donors (Lipinski definition) is 1. The van der Waals surface area contributed by atoms with Crippen LogP contribution in [0, 0.1) is 5.82 Å². The Balaban J connectivity index is 2.19. The molecule has 0 fully saturated rings. The largest absolute Gasteiger partial charge is 0.356 e. The predicted molar refractivity (Wildman–Crippen MR) is 109 cm³/mol. The van der Waals surface area contributed by atoms with Crippen LogP contribution in [-0.4, -0.2) is 25.2 Å². The highest BCUT2D eigenvalue weighted by molar-refractivity contribution is 6.31. The SMILES string of the molecule is CCCCCNc1nc2c(c(=O)n(C)c(=O)n2C)n1Cc1c(F)cccc1Cl. The summed E-state index contributed by atoms with van der Waals surface area (Å²) in [7, 11) is 2.96. The van der Waals surface area contributed by atoms with E-state index in [2.05, 4.69) is 17.2 Å². The standard InChI is InChI=1S/C19H23ClFN5O2/c1-4-5-6-10-22-18-23-16-15(17(27)25(3)19(28)24(16)2)26(18)11-12-13(20)8-7-9-14(12)21/h7-9H,4-6,10-11H2,1-3H3,(H,22,23). The summed E-state index contributed by atoms with van der Waals surface area (Å²) < 4.78 is 18.3. The predicted octanol–water partition coefficient (Wildman–Crippen LogP) is 2.88. The number of nitrogens with zero attached hydrogens (tertiary/aromatic N) is 4. The number of benzene rings is 1. The zero-order valence-corrected chi connectivity index (χ0v) is 16.9. The minimum Gasteiger partial charge on any atom is -0.356 e. The van der Waals surface area contributed by atoms with Crippen molar-refractivity contribution in [3.8, 4) is 0 Å². The Kier molecular flexibility index (Phi) is 5.88. The zero-order valence-electron chi connectivity index (χ0n) is 16.1. The van der Waals surface area contributed by atoms with Gasteiger partial charge in [0.1, 0.15) is 5.82 Å². The maximum absolute atomic E-state index is 14.4. The molecule has 3 rings (SSSR count). The van der Waals surface area contributed by atoms with E-state index >= 15 is 0 Å². The molecule has 0 spiro atoms. The molecule has 0 unspecified atom stereocenters. The Labute approximate surface area is 166 Å². The lowest BCUT2D eigenvalue weighted by Crippen LogP contribution is -2.37. The molecule has 0 aliphatic carbocycles. The second-order valence-corrected chi connectivity index (χ2v) is 7.14. The van der Waals surface area contributed by atoms with Crippen LogP contribution in [0.1, 0.15) is 31.7 Å². The van der Waals surface area contributed by atoms with Crippen LogP contribution in [-0.2, 0) is 20.6 Å². The van der Waals surface area contributed by atoms with Crippen molar-refractivity contribution in [2.75, 3.05) is 11.9 Å². The topological polar surface area (TPSA) is 73.8 Å². The molecule has 150 valence electrons. The van der Waals surface area contributed by atoms with Crippen LogP contribution in [0.15, 0.2) is 27.8 Å². The lowest BCUT2D eigenvalue weighted by molar-refractivity contribution is 0.601. The molecule has 3 aromatic rings. The molecule has 7 nitrogen and oxygen atoms in total. The average molecular weight is 408 g/mol. The monoisotopic (exact) mass is 407 g/mol. The van der Waals surface area contributed by atoms with Gasteiger partial charge in [0, 0.05) is 31.2 Å². The molecule has 0 amide bonds. The maximum Gasteiger partial charge on any atom is 0.332 e. The van der Waals surface area contributed by atoms with Crippen molar-refractivity contribution in [1.29, 1.82) is 0 Å². The van der Waals surface area contributed by atoms with Crippen LogP contribution in [0.25, 0.3) is 11.2 Å². The van der Waals surface area contributed by atoms with Gasteiger partial charge in [0.2, 0.25) is 5.95 Å². The van der Waals surface area contributed by atoms with Gasteiger partial charge in [-0.1, -0.05) is 37.4 Å². The molecule has 0 bridgehead atoms. The Morgan fingerprint density at radius 3 is 2.61 bits per heavy atom. The van der Waals surface area contributed by atoms with Gasteiger partial charge < -0.3 is 5.32 Å². The lowest BCUT2D eigenvalue weighted by atomic mass is 10.2. The molecule has 9 heteroatoms. The minimum atomic E-state index is -0.486. The van der Waals surface area contributed by atoms with E-state index in [0.29, 0.717) is 12.5 Å². The maximum atomic E-state index is 14.4. The highest BCUT2D eigenvalue weighted by atomic mass is 35.5. The summed E-state index contributed by atoms with van der Waals surface area (Å²) in [5.41, 5.74) is -0.222. The summed E-state index contributed by atoms with van der Waals surface area (Å²) in [6.07, 6.45) is 3.04. The van der Waals surface area contributed by atoms with E-state index in [-0.39, 0.29) is 28.3 Å². The molecule has 0 aliphatic heterocycles. The smallest absolute Gasteiger partial charge is 0.332 e. The van der Waals surface area contributed by atoms with E-state index in [4.69, 9.17) is 11.6 Å². The van der Waals surface area contributed by atoms with E-state index in [0.717, 1.165) is 23.8 Å². The number of rotatable bonds is 7. The zero-order chi connectivity index (χ0) is 20.4. The van der Waals surface area contributed by atoms with Crippen LogP contribution in [0.4, 0.5) is 10.3 Å². The van der Waals surface area contributed by atoms with Crippen molar-refractivity contribution in [2.45, 2.75) is 32.7 Å². The van der Waals surface area contributed by atoms with Crippen LogP contribution in [0.3, 0.4) is 0 Å². The van der Waals surface area contributed by atoms with E-state index < -0.39 is 17.1 Å². The van der Waals surface area contributed by atoms with Crippen LogP contribution >= 0.6 is 11.6 Å². The van der Waals surface area contributed by atoms with Gasteiger partial charge in [-0.3, -0.25) is 18.5 Å². The van der Waals surface area contributed by atoms with Gasteiger partial charge in [0.05, 0.1) is 6.54 Å². The molecule has 2 aromatic heterocycles. The third-order valence-electron chi connectivity index (χ3n) is 4.79. The van der Waals surface area contributed by atoms with Gasteiger partial charge >= 0.3 is 5.69 Å². The third-order valence-corrected chi connectivity index (χ3v) is 5.14. The molecular formula is C19H23ClFN5O2.